The molecule has 0 aliphatic carbocycles. The Morgan fingerprint density at radius 3 is 2.53 bits per heavy atom. The molecular weight excluding hydrogens is 427 g/mol. The Labute approximate surface area is 180 Å². The molecule has 30 heavy (non-hydrogen) atoms. The van der Waals surface area contributed by atoms with Gasteiger partial charge in [0, 0.05) is 26.2 Å². The number of piperidine rings is 1. The van der Waals surface area contributed by atoms with Crippen LogP contribution in [0, 0.1) is 11.2 Å². The number of nitrogens with zero attached hydrogens (tertiary/aromatic N) is 2. The molecule has 2 saturated heterocycles. The summed E-state index contributed by atoms with van der Waals surface area (Å²) in [6.07, 6.45) is 2.60. The fraction of sp³-hybridized carbons (Fsp3) is 0.476. The number of benzene rings is 1. The van der Waals surface area contributed by atoms with Crippen molar-refractivity contribution in [3.05, 3.63) is 47.6 Å². The largest absolute Gasteiger partial charge is 0.490 e. The average Bonchev–Trinajstić information content (AvgIpc) is 3.41. The fourth-order valence-corrected chi connectivity index (χ4v) is 6.85. The SMILES string of the molecule is O=C(CCOc1ccccc1F)N1CCC2(CCN(S(=O)(=O)c3cccs3)CC2)C1. The van der Waals surface area contributed by atoms with Crippen molar-refractivity contribution in [2.24, 2.45) is 5.41 Å². The zero-order valence-corrected chi connectivity index (χ0v) is 18.3. The minimum absolute atomic E-state index is 0.00292. The van der Waals surface area contributed by atoms with Crippen LogP contribution >= 0.6 is 11.3 Å². The molecule has 162 valence electrons. The highest BCUT2D eigenvalue weighted by molar-refractivity contribution is 7.91. The molecule has 9 heteroatoms. The summed E-state index contributed by atoms with van der Waals surface area (Å²) in [6.45, 7) is 2.43. The predicted molar refractivity (Wildman–Crippen MR) is 112 cm³/mol. The highest BCUT2D eigenvalue weighted by Gasteiger charge is 2.44. The highest BCUT2D eigenvalue weighted by Crippen LogP contribution is 2.41. The first-order valence-electron chi connectivity index (χ1n) is 10.1. The third-order valence-corrected chi connectivity index (χ3v) is 9.35. The molecule has 0 radical (unpaired) electrons. The van der Waals surface area contributed by atoms with Crippen LogP contribution in [0.5, 0.6) is 5.75 Å². The molecule has 2 aliphatic heterocycles. The summed E-state index contributed by atoms with van der Waals surface area (Å²) in [5.41, 5.74) is -0.0104. The van der Waals surface area contributed by atoms with Gasteiger partial charge in [-0.3, -0.25) is 4.79 Å². The van der Waals surface area contributed by atoms with Gasteiger partial charge in [0.2, 0.25) is 5.91 Å². The molecule has 0 bridgehead atoms. The lowest BCUT2D eigenvalue weighted by Crippen LogP contribution is -2.44. The second kappa shape index (κ2) is 8.64. The first-order valence-corrected chi connectivity index (χ1v) is 12.4. The lowest BCUT2D eigenvalue weighted by Gasteiger charge is -2.38. The molecule has 1 spiro atoms. The predicted octanol–water partition coefficient (Wildman–Crippen LogP) is 3.36. The van der Waals surface area contributed by atoms with Gasteiger partial charge in [0.15, 0.2) is 11.6 Å². The van der Waals surface area contributed by atoms with Gasteiger partial charge in [-0.15, -0.1) is 11.3 Å². The van der Waals surface area contributed by atoms with E-state index >= 15 is 0 Å². The monoisotopic (exact) mass is 452 g/mol. The molecule has 1 amide bonds. The molecular formula is C21H25FN2O4S2. The van der Waals surface area contributed by atoms with Crippen molar-refractivity contribution in [1.82, 2.24) is 9.21 Å². The van der Waals surface area contributed by atoms with Crippen molar-refractivity contribution in [1.29, 1.82) is 0 Å². The van der Waals surface area contributed by atoms with Crippen LogP contribution in [0.4, 0.5) is 4.39 Å². The van der Waals surface area contributed by atoms with Crippen molar-refractivity contribution in [3.63, 3.8) is 0 Å². The van der Waals surface area contributed by atoms with E-state index in [4.69, 9.17) is 4.74 Å². The van der Waals surface area contributed by atoms with Crippen molar-refractivity contribution in [3.8, 4) is 5.75 Å². The molecule has 3 heterocycles. The summed E-state index contributed by atoms with van der Waals surface area (Å²) in [6, 6.07) is 9.54. The van der Waals surface area contributed by atoms with Crippen LogP contribution in [0.25, 0.3) is 0 Å². The van der Waals surface area contributed by atoms with E-state index in [0.717, 1.165) is 19.3 Å². The van der Waals surface area contributed by atoms with Gasteiger partial charge in [0.1, 0.15) is 4.21 Å². The summed E-state index contributed by atoms with van der Waals surface area (Å²) in [4.78, 5) is 14.4. The Balaban J connectivity index is 1.27. The van der Waals surface area contributed by atoms with Gasteiger partial charge in [-0.25, -0.2) is 12.8 Å². The Hall–Kier alpha value is -1.97. The highest BCUT2D eigenvalue weighted by atomic mass is 32.2. The fourth-order valence-electron chi connectivity index (χ4n) is 4.26. The van der Waals surface area contributed by atoms with Crippen LogP contribution < -0.4 is 4.74 Å². The molecule has 0 unspecified atom stereocenters. The summed E-state index contributed by atoms with van der Waals surface area (Å²) in [7, 11) is -3.41. The average molecular weight is 453 g/mol. The van der Waals surface area contributed by atoms with Gasteiger partial charge < -0.3 is 9.64 Å². The van der Waals surface area contributed by atoms with E-state index in [1.807, 2.05) is 4.90 Å². The van der Waals surface area contributed by atoms with E-state index in [1.165, 1.54) is 17.4 Å². The molecule has 4 rings (SSSR count). The van der Waals surface area contributed by atoms with E-state index in [-0.39, 0.29) is 30.1 Å². The number of amides is 1. The molecule has 2 fully saturated rings. The van der Waals surface area contributed by atoms with Crippen LogP contribution in [0.1, 0.15) is 25.7 Å². The minimum Gasteiger partial charge on any atom is -0.490 e. The van der Waals surface area contributed by atoms with E-state index in [9.17, 15) is 17.6 Å². The number of carbonyl (C=O) groups excluding carboxylic acids is 1. The number of likely N-dealkylation sites (tertiary alicyclic amines) is 1. The third kappa shape index (κ3) is 4.38. The third-order valence-electron chi connectivity index (χ3n) is 6.07. The second-order valence-corrected chi connectivity index (χ2v) is 11.0. The van der Waals surface area contributed by atoms with E-state index < -0.39 is 15.8 Å². The van der Waals surface area contributed by atoms with Crippen LogP contribution in [-0.4, -0.2) is 56.3 Å². The number of hydrogen-bond acceptors (Lipinski definition) is 5. The smallest absolute Gasteiger partial charge is 0.252 e. The zero-order valence-electron chi connectivity index (χ0n) is 16.6. The quantitative estimate of drug-likeness (QED) is 0.674. The zero-order chi connectivity index (χ0) is 21.2. The van der Waals surface area contributed by atoms with Crippen LogP contribution in [0.2, 0.25) is 0 Å². The number of rotatable bonds is 6. The van der Waals surface area contributed by atoms with Gasteiger partial charge in [-0.1, -0.05) is 18.2 Å². The summed E-state index contributed by atoms with van der Waals surface area (Å²) in [5.74, 6) is -0.284. The van der Waals surface area contributed by atoms with Crippen LogP contribution in [-0.2, 0) is 14.8 Å². The van der Waals surface area contributed by atoms with Crippen LogP contribution in [0.15, 0.2) is 46.0 Å². The lowest BCUT2D eigenvalue weighted by atomic mass is 9.78. The number of thiophene rings is 1. The standard InChI is InChI=1S/C21H25FN2O4S2/c22-17-4-1-2-5-18(17)28-14-7-19(25)23-11-8-21(16-23)9-12-24(13-10-21)30(26,27)20-6-3-15-29-20/h1-6,15H,7-14,16H2. The molecule has 0 saturated carbocycles. The maximum atomic E-state index is 13.6. The summed E-state index contributed by atoms with van der Waals surface area (Å²) in [5, 5.41) is 1.77. The molecule has 0 N–H and O–H groups in total. The number of hydrogen-bond donors (Lipinski definition) is 0. The van der Waals surface area contributed by atoms with Gasteiger partial charge >= 0.3 is 0 Å². The van der Waals surface area contributed by atoms with Crippen molar-refractivity contribution >= 4 is 27.3 Å². The molecule has 2 aromatic rings. The molecule has 0 atom stereocenters. The summed E-state index contributed by atoms with van der Waals surface area (Å²) >= 11 is 1.24. The van der Waals surface area contributed by atoms with Crippen molar-refractivity contribution in [2.75, 3.05) is 32.8 Å². The minimum atomic E-state index is -3.41. The van der Waals surface area contributed by atoms with Gasteiger partial charge in [0.05, 0.1) is 13.0 Å². The van der Waals surface area contributed by atoms with Gasteiger partial charge in [0.25, 0.3) is 10.0 Å². The number of halogens is 1. The van der Waals surface area contributed by atoms with E-state index in [0.29, 0.717) is 30.4 Å². The Morgan fingerprint density at radius 2 is 1.83 bits per heavy atom. The van der Waals surface area contributed by atoms with Gasteiger partial charge in [-0.2, -0.15) is 4.31 Å². The van der Waals surface area contributed by atoms with Gasteiger partial charge in [-0.05, 0) is 48.3 Å². The maximum absolute atomic E-state index is 13.6. The van der Waals surface area contributed by atoms with Crippen molar-refractivity contribution < 1.29 is 22.3 Å². The Morgan fingerprint density at radius 1 is 1.10 bits per heavy atom. The summed E-state index contributed by atoms with van der Waals surface area (Å²) < 4.78 is 46.4. The van der Waals surface area contributed by atoms with Crippen LogP contribution in [0.3, 0.4) is 0 Å². The first kappa shape index (κ1) is 21.3. The first-order chi connectivity index (χ1) is 14.4. The topological polar surface area (TPSA) is 66.9 Å². The van der Waals surface area contributed by atoms with E-state index in [2.05, 4.69) is 0 Å². The molecule has 6 nitrogen and oxygen atoms in total. The number of sulfonamides is 1. The lowest BCUT2D eigenvalue weighted by molar-refractivity contribution is -0.131. The molecule has 1 aromatic heterocycles. The number of para-hydroxylation sites is 1. The molecule has 1 aromatic carbocycles. The van der Waals surface area contributed by atoms with Crippen molar-refractivity contribution in [2.45, 2.75) is 29.9 Å². The Bertz CT molecular complexity index is 986. The second-order valence-electron chi connectivity index (χ2n) is 7.93. The Kier molecular flexibility index (Phi) is 6.13. The molecule has 2 aliphatic rings. The number of ether oxygens (including phenoxy) is 1. The number of carbonyl (C=O) groups is 1. The normalized spacial score (nSPS) is 19.3. The maximum Gasteiger partial charge on any atom is 0.252 e. The van der Waals surface area contributed by atoms with E-state index in [1.54, 1.807) is 40.0 Å².